The molecule has 2 aliphatic rings. The van der Waals surface area contributed by atoms with Gasteiger partial charge in [-0.3, -0.25) is 9.48 Å². The Bertz CT molecular complexity index is 1880. The molecule has 0 atom stereocenters. The van der Waals surface area contributed by atoms with Crippen LogP contribution in [0.1, 0.15) is 41.0 Å². The number of nitrogens with one attached hydrogen (secondary N) is 3. The highest BCUT2D eigenvalue weighted by Crippen LogP contribution is 2.47. The van der Waals surface area contributed by atoms with Crippen LogP contribution in [0.5, 0.6) is 0 Å². The molecule has 202 valence electrons. The van der Waals surface area contributed by atoms with E-state index in [-0.39, 0.29) is 11.9 Å². The van der Waals surface area contributed by atoms with Crippen LogP contribution in [0.2, 0.25) is 5.02 Å². The second-order valence-electron chi connectivity index (χ2n) is 11.1. The van der Waals surface area contributed by atoms with Gasteiger partial charge in [0, 0.05) is 59.4 Å². The summed E-state index contributed by atoms with van der Waals surface area (Å²) in [6, 6.07) is 12.8. The molecule has 40 heavy (non-hydrogen) atoms. The number of para-hydroxylation sites is 1. The lowest BCUT2D eigenvalue weighted by Crippen LogP contribution is -2.19. The van der Waals surface area contributed by atoms with E-state index >= 15 is 0 Å². The van der Waals surface area contributed by atoms with Crippen LogP contribution in [0.4, 0.5) is 16.2 Å². The molecule has 1 aliphatic heterocycles. The maximum atomic E-state index is 13.3. The quantitative estimate of drug-likeness (QED) is 0.238. The maximum absolute atomic E-state index is 13.3. The zero-order valence-electron chi connectivity index (χ0n) is 22.6. The number of hydrogen-bond acceptors (Lipinski definition) is 3. The summed E-state index contributed by atoms with van der Waals surface area (Å²) >= 11 is 6.23. The third-order valence-corrected chi connectivity index (χ3v) is 8.20. The molecule has 3 aromatic carbocycles. The molecule has 3 amide bonds. The van der Waals surface area contributed by atoms with Crippen molar-refractivity contribution in [2.75, 3.05) is 10.6 Å². The summed E-state index contributed by atoms with van der Waals surface area (Å²) in [5.74, 6) is 0.377. The van der Waals surface area contributed by atoms with Crippen molar-refractivity contribution >= 4 is 56.7 Å². The average molecular weight is 553 g/mol. The lowest BCUT2D eigenvalue weighted by Gasteiger charge is -2.22. The van der Waals surface area contributed by atoms with Gasteiger partial charge in [0.1, 0.15) is 0 Å². The van der Waals surface area contributed by atoms with Crippen LogP contribution in [0, 0.1) is 5.92 Å². The van der Waals surface area contributed by atoms with Crippen LogP contribution in [0.3, 0.4) is 0 Å². The summed E-state index contributed by atoms with van der Waals surface area (Å²) in [6.45, 7) is 5.75. The van der Waals surface area contributed by atoms with E-state index in [1.165, 1.54) is 11.1 Å². The van der Waals surface area contributed by atoms with Gasteiger partial charge in [0.25, 0.3) is 5.91 Å². The van der Waals surface area contributed by atoms with E-state index < -0.39 is 0 Å². The van der Waals surface area contributed by atoms with Gasteiger partial charge in [-0.15, -0.1) is 0 Å². The molecular weight excluding hydrogens is 524 g/mol. The first-order chi connectivity index (χ1) is 19.3. The lowest BCUT2D eigenvalue weighted by molar-refractivity contribution is 0.0966. The molecule has 0 spiro atoms. The molecule has 7 rings (SSSR count). The van der Waals surface area contributed by atoms with Crippen molar-refractivity contribution in [2.24, 2.45) is 13.0 Å². The zero-order valence-corrected chi connectivity index (χ0v) is 23.3. The topological polar surface area (TPSA) is 93.0 Å². The normalized spacial score (nSPS) is 13.9. The molecule has 1 aliphatic carbocycles. The van der Waals surface area contributed by atoms with E-state index in [0.29, 0.717) is 28.9 Å². The number of carbonyl (C=O) groups excluding carboxylic acids is 2. The molecule has 5 aromatic rings. The molecule has 0 radical (unpaired) electrons. The van der Waals surface area contributed by atoms with Gasteiger partial charge in [-0.2, -0.15) is 5.10 Å². The molecule has 0 saturated heterocycles. The summed E-state index contributed by atoms with van der Waals surface area (Å²) in [5, 5.41) is 16.2. The second-order valence-corrected chi connectivity index (χ2v) is 11.5. The first kappa shape index (κ1) is 24.7. The Kier molecular flexibility index (Phi) is 5.64. The number of amides is 3. The summed E-state index contributed by atoms with van der Waals surface area (Å²) in [6.07, 6.45) is 3.69. The van der Waals surface area contributed by atoms with Crippen LogP contribution in [0.15, 0.2) is 48.7 Å². The van der Waals surface area contributed by atoms with Crippen molar-refractivity contribution in [1.29, 1.82) is 0 Å². The number of aryl methyl sites for hydroxylation is 3. The van der Waals surface area contributed by atoms with Gasteiger partial charge in [0.2, 0.25) is 0 Å². The Morgan fingerprint density at radius 1 is 1.10 bits per heavy atom. The van der Waals surface area contributed by atoms with Crippen LogP contribution >= 0.6 is 11.6 Å². The third kappa shape index (κ3) is 3.78. The zero-order chi connectivity index (χ0) is 27.7. The smallest absolute Gasteiger partial charge is 0.323 e. The van der Waals surface area contributed by atoms with E-state index in [9.17, 15) is 9.59 Å². The van der Waals surface area contributed by atoms with E-state index in [4.69, 9.17) is 16.7 Å². The van der Waals surface area contributed by atoms with Gasteiger partial charge < -0.3 is 20.5 Å². The number of aromatic nitrogens is 3. The predicted molar refractivity (Wildman–Crippen MR) is 159 cm³/mol. The first-order valence-corrected chi connectivity index (χ1v) is 13.9. The minimum absolute atomic E-state index is 0.0389. The Balaban J connectivity index is 1.44. The highest BCUT2D eigenvalue weighted by Gasteiger charge is 2.35. The van der Waals surface area contributed by atoms with Crippen LogP contribution in [-0.4, -0.2) is 26.3 Å². The second kappa shape index (κ2) is 9.13. The van der Waals surface area contributed by atoms with E-state index in [1.807, 2.05) is 42.2 Å². The standard InChI is InChI=1S/C31H29ClN6O2/c1-16(2)14-38-25-11-8-17(34-31(40)35-24-7-5-4-6-22(24)32)12-19(25)27-20-13-33-30(39)28(20)26-18(29(27)38)9-10-23-21(26)15-37(3)36-23/h4-8,11-12,15-16H,9-10,13-14H2,1-3H3,(H,33,39)(H2,34,35,40). The van der Waals surface area contributed by atoms with Crippen LogP contribution in [-0.2, 0) is 33.0 Å². The van der Waals surface area contributed by atoms with Crippen LogP contribution in [0.25, 0.3) is 32.9 Å². The number of carbonyl (C=O) groups is 2. The first-order valence-electron chi connectivity index (χ1n) is 13.6. The fourth-order valence-corrected chi connectivity index (χ4v) is 6.58. The molecule has 0 fully saturated rings. The van der Waals surface area contributed by atoms with Crippen molar-refractivity contribution in [1.82, 2.24) is 19.7 Å². The van der Waals surface area contributed by atoms with Crippen molar-refractivity contribution < 1.29 is 9.59 Å². The largest absolute Gasteiger partial charge is 0.348 e. The molecule has 0 saturated carbocycles. The van der Waals surface area contributed by atoms with E-state index in [0.717, 1.165) is 63.6 Å². The third-order valence-electron chi connectivity index (χ3n) is 7.87. The number of anilines is 2. The Morgan fingerprint density at radius 3 is 2.73 bits per heavy atom. The molecule has 0 bridgehead atoms. The molecule has 8 nitrogen and oxygen atoms in total. The number of halogens is 1. The summed E-state index contributed by atoms with van der Waals surface area (Å²) in [4.78, 5) is 26.2. The number of urea groups is 1. The number of fused-ring (bicyclic) bond motifs is 10. The average Bonchev–Trinajstić information content (AvgIpc) is 3.58. The van der Waals surface area contributed by atoms with Gasteiger partial charge in [-0.05, 0) is 60.2 Å². The molecular formula is C31H29ClN6O2. The molecule has 0 unspecified atom stereocenters. The summed E-state index contributed by atoms with van der Waals surface area (Å²) < 4.78 is 4.25. The van der Waals surface area contributed by atoms with Gasteiger partial charge in [0.15, 0.2) is 0 Å². The molecule has 9 heteroatoms. The number of benzene rings is 3. The van der Waals surface area contributed by atoms with Gasteiger partial charge >= 0.3 is 6.03 Å². The van der Waals surface area contributed by atoms with Crippen molar-refractivity contribution in [3.8, 4) is 11.1 Å². The number of hydrogen-bond donors (Lipinski definition) is 3. The summed E-state index contributed by atoms with van der Waals surface area (Å²) in [7, 11) is 1.93. The highest BCUT2D eigenvalue weighted by molar-refractivity contribution is 6.33. The van der Waals surface area contributed by atoms with Gasteiger partial charge in [0.05, 0.1) is 27.5 Å². The Morgan fingerprint density at radius 2 is 1.93 bits per heavy atom. The summed E-state index contributed by atoms with van der Waals surface area (Å²) in [5.41, 5.74) is 9.58. The predicted octanol–water partition coefficient (Wildman–Crippen LogP) is 6.49. The molecule has 3 N–H and O–H groups in total. The molecule has 2 aromatic heterocycles. The molecule has 3 heterocycles. The van der Waals surface area contributed by atoms with Crippen LogP contribution < -0.4 is 16.0 Å². The van der Waals surface area contributed by atoms with Crippen molar-refractivity contribution in [3.05, 3.63) is 76.1 Å². The fraction of sp³-hybridized carbons (Fsp3) is 0.258. The SMILES string of the molecule is CC(C)Cn1c2ccc(NC(=O)Nc3ccccc3Cl)cc2c2c3c(c4c(c21)CCc1nn(C)cc1-4)C(=O)NC3. The van der Waals surface area contributed by atoms with Gasteiger partial charge in [-0.25, -0.2) is 4.79 Å². The number of nitrogens with zero attached hydrogens (tertiary/aromatic N) is 3. The minimum atomic E-state index is -0.373. The Labute approximate surface area is 236 Å². The monoisotopic (exact) mass is 552 g/mol. The Hall–Kier alpha value is -4.30. The lowest BCUT2D eigenvalue weighted by atomic mass is 9.82. The fourth-order valence-electron chi connectivity index (χ4n) is 6.40. The maximum Gasteiger partial charge on any atom is 0.323 e. The van der Waals surface area contributed by atoms with Crippen molar-refractivity contribution in [3.63, 3.8) is 0 Å². The van der Waals surface area contributed by atoms with E-state index in [2.05, 4.69) is 40.4 Å². The minimum Gasteiger partial charge on any atom is -0.348 e. The van der Waals surface area contributed by atoms with Gasteiger partial charge in [-0.1, -0.05) is 37.6 Å². The van der Waals surface area contributed by atoms with E-state index in [1.54, 1.807) is 12.1 Å². The highest BCUT2D eigenvalue weighted by atomic mass is 35.5. The number of rotatable bonds is 4. The van der Waals surface area contributed by atoms with Crippen molar-refractivity contribution in [2.45, 2.75) is 39.8 Å².